The zero-order valence-electron chi connectivity index (χ0n) is 19.7. The Morgan fingerprint density at radius 1 is 1.00 bits per heavy atom. The fourth-order valence-corrected chi connectivity index (χ4v) is 4.68. The molecule has 8 nitrogen and oxygen atoms in total. The Bertz CT molecular complexity index is 1310. The molecule has 1 fully saturated rings. The lowest BCUT2D eigenvalue weighted by atomic mass is 10.1. The highest BCUT2D eigenvalue weighted by Crippen LogP contribution is 2.28. The van der Waals surface area contributed by atoms with Crippen molar-refractivity contribution < 1.29 is 14.7 Å². The van der Waals surface area contributed by atoms with Crippen LogP contribution in [0.4, 0.5) is 5.69 Å². The van der Waals surface area contributed by atoms with E-state index in [1.54, 1.807) is 24.7 Å². The Kier molecular flexibility index (Phi) is 6.65. The number of carbonyl (C=O) groups excluding carboxylic acids is 1. The van der Waals surface area contributed by atoms with Gasteiger partial charge in [-0.15, -0.1) is 0 Å². The van der Waals surface area contributed by atoms with Crippen LogP contribution in [0.3, 0.4) is 0 Å². The van der Waals surface area contributed by atoms with Gasteiger partial charge in [0.25, 0.3) is 5.91 Å². The van der Waals surface area contributed by atoms with Crippen LogP contribution in [0.2, 0.25) is 0 Å². The van der Waals surface area contributed by atoms with Crippen molar-refractivity contribution in [2.24, 2.45) is 0 Å². The van der Waals surface area contributed by atoms with Crippen molar-refractivity contribution in [1.82, 2.24) is 19.9 Å². The second-order valence-electron chi connectivity index (χ2n) is 8.76. The van der Waals surface area contributed by atoms with E-state index < -0.39 is 5.91 Å². The summed E-state index contributed by atoms with van der Waals surface area (Å²) >= 11 is 0. The molecular formula is C27H29N5O3. The molecule has 0 radical (unpaired) electrons. The van der Waals surface area contributed by atoms with Gasteiger partial charge in [0, 0.05) is 68.3 Å². The second kappa shape index (κ2) is 10.2. The van der Waals surface area contributed by atoms with Gasteiger partial charge in [0.2, 0.25) is 0 Å². The lowest BCUT2D eigenvalue weighted by molar-refractivity contribution is 0.0706. The second-order valence-corrected chi connectivity index (χ2v) is 8.76. The Morgan fingerprint density at radius 3 is 2.54 bits per heavy atom. The highest BCUT2D eigenvalue weighted by atomic mass is 16.5. The molecule has 1 aliphatic rings. The summed E-state index contributed by atoms with van der Waals surface area (Å²) in [5.41, 5.74) is 6.55. The summed E-state index contributed by atoms with van der Waals surface area (Å²) in [5, 5.41) is 9.94. The van der Waals surface area contributed by atoms with E-state index in [0.29, 0.717) is 12.1 Å². The Hall–Kier alpha value is -3.88. The van der Waals surface area contributed by atoms with Gasteiger partial charge in [-0.05, 0) is 47.5 Å². The number of pyridine rings is 1. The molecule has 0 saturated carbocycles. The van der Waals surface area contributed by atoms with Gasteiger partial charge in [0.05, 0.1) is 7.11 Å². The lowest BCUT2D eigenvalue weighted by Gasteiger charge is -2.36. The lowest BCUT2D eigenvalue weighted by Crippen LogP contribution is -2.46. The normalized spacial score (nSPS) is 14.3. The quantitative estimate of drug-likeness (QED) is 0.317. The molecule has 5 rings (SSSR count). The molecule has 180 valence electrons. The first-order valence-electron chi connectivity index (χ1n) is 11.7. The molecular weight excluding hydrogens is 442 g/mol. The van der Waals surface area contributed by atoms with Gasteiger partial charge < -0.3 is 14.2 Å². The van der Waals surface area contributed by atoms with Gasteiger partial charge in [-0.1, -0.05) is 24.3 Å². The van der Waals surface area contributed by atoms with Crippen LogP contribution in [-0.2, 0) is 13.1 Å². The topological polar surface area (TPSA) is 82.9 Å². The first-order chi connectivity index (χ1) is 17.1. The number of benzene rings is 2. The number of hydrogen-bond donors (Lipinski definition) is 2. The van der Waals surface area contributed by atoms with E-state index >= 15 is 0 Å². The van der Waals surface area contributed by atoms with Crippen LogP contribution in [0.1, 0.15) is 21.5 Å². The third-order valence-corrected chi connectivity index (χ3v) is 6.56. The van der Waals surface area contributed by atoms with E-state index in [4.69, 9.17) is 9.94 Å². The van der Waals surface area contributed by atoms with Gasteiger partial charge in [-0.3, -0.25) is 14.9 Å². The number of anilines is 1. The number of hydrogen-bond acceptors (Lipinski definition) is 6. The van der Waals surface area contributed by atoms with E-state index in [-0.39, 0.29) is 0 Å². The monoisotopic (exact) mass is 471 g/mol. The molecule has 0 bridgehead atoms. The summed E-state index contributed by atoms with van der Waals surface area (Å²) in [7, 11) is 1.70. The van der Waals surface area contributed by atoms with Crippen molar-refractivity contribution >= 4 is 22.6 Å². The van der Waals surface area contributed by atoms with Crippen LogP contribution in [-0.4, -0.2) is 58.9 Å². The highest BCUT2D eigenvalue weighted by Gasteiger charge is 2.20. The fourth-order valence-electron chi connectivity index (χ4n) is 4.68. The van der Waals surface area contributed by atoms with E-state index in [2.05, 4.69) is 49.8 Å². The van der Waals surface area contributed by atoms with Gasteiger partial charge in [-0.25, -0.2) is 10.5 Å². The number of amides is 1. The maximum atomic E-state index is 11.6. The first kappa shape index (κ1) is 22.9. The SMILES string of the molecule is COc1cccc(CN2CCN(c3ccnc4c3ccn4Cc3ccc(C(=O)NO)cc3)CC2)c1. The van der Waals surface area contributed by atoms with E-state index in [1.165, 1.54) is 11.3 Å². The summed E-state index contributed by atoms with van der Waals surface area (Å²) in [6.45, 7) is 5.48. The number of methoxy groups -OCH3 is 1. The van der Waals surface area contributed by atoms with Crippen molar-refractivity contribution in [3.63, 3.8) is 0 Å². The molecule has 2 aromatic carbocycles. The molecule has 2 aromatic heterocycles. The molecule has 35 heavy (non-hydrogen) atoms. The number of fused-ring (bicyclic) bond motifs is 1. The highest BCUT2D eigenvalue weighted by molar-refractivity contribution is 5.93. The molecule has 1 amide bonds. The molecule has 1 saturated heterocycles. The van der Waals surface area contributed by atoms with E-state index in [0.717, 1.165) is 55.1 Å². The minimum absolute atomic E-state index is 0.416. The average molecular weight is 472 g/mol. The zero-order valence-corrected chi connectivity index (χ0v) is 19.7. The summed E-state index contributed by atoms with van der Waals surface area (Å²) in [6.07, 6.45) is 3.94. The Labute approximate surface area is 204 Å². The molecule has 4 aromatic rings. The van der Waals surface area contributed by atoms with Crippen LogP contribution in [0, 0.1) is 0 Å². The van der Waals surface area contributed by atoms with Crippen LogP contribution in [0.15, 0.2) is 73.1 Å². The summed E-state index contributed by atoms with van der Waals surface area (Å²) in [5.74, 6) is 0.384. The van der Waals surface area contributed by atoms with Crippen molar-refractivity contribution in [2.75, 3.05) is 38.2 Å². The van der Waals surface area contributed by atoms with Gasteiger partial charge in [-0.2, -0.15) is 0 Å². The van der Waals surface area contributed by atoms with Gasteiger partial charge in [0.1, 0.15) is 11.4 Å². The van der Waals surface area contributed by atoms with Crippen LogP contribution in [0.25, 0.3) is 11.0 Å². The fraction of sp³-hybridized carbons (Fsp3) is 0.259. The number of rotatable bonds is 7. The zero-order chi connectivity index (χ0) is 24.2. The standard InChI is InChI=1S/C27H29N5O3/c1-35-23-4-2-3-21(17-23)18-30-13-15-31(16-14-30)25-9-11-28-26-24(25)10-12-32(26)19-20-5-7-22(8-6-20)27(33)29-34/h2-12,17,34H,13-16,18-19H2,1H3,(H,29,33). The minimum atomic E-state index is -0.516. The largest absolute Gasteiger partial charge is 0.497 e. The molecule has 0 aliphatic carbocycles. The third-order valence-electron chi connectivity index (χ3n) is 6.56. The summed E-state index contributed by atoms with van der Waals surface area (Å²) in [6, 6.07) is 19.7. The molecule has 3 heterocycles. The van der Waals surface area contributed by atoms with E-state index in [9.17, 15) is 4.79 Å². The molecule has 0 atom stereocenters. The maximum Gasteiger partial charge on any atom is 0.274 e. The number of hydroxylamine groups is 1. The Balaban J connectivity index is 1.26. The molecule has 0 spiro atoms. The van der Waals surface area contributed by atoms with E-state index in [1.807, 2.05) is 30.5 Å². The average Bonchev–Trinajstić information content (AvgIpc) is 3.32. The maximum absolute atomic E-state index is 11.6. The van der Waals surface area contributed by atoms with Gasteiger partial charge >= 0.3 is 0 Å². The van der Waals surface area contributed by atoms with Crippen molar-refractivity contribution in [2.45, 2.75) is 13.1 Å². The number of ether oxygens (including phenoxy) is 1. The number of piperazine rings is 1. The third kappa shape index (κ3) is 4.99. The Morgan fingerprint density at radius 2 is 1.80 bits per heavy atom. The minimum Gasteiger partial charge on any atom is -0.497 e. The van der Waals surface area contributed by atoms with Crippen molar-refractivity contribution in [3.05, 3.63) is 89.7 Å². The summed E-state index contributed by atoms with van der Waals surface area (Å²) in [4.78, 5) is 21.1. The molecule has 2 N–H and O–H groups in total. The predicted octanol–water partition coefficient (Wildman–Crippen LogP) is 3.53. The number of nitrogens with zero attached hydrogens (tertiary/aromatic N) is 4. The summed E-state index contributed by atoms with van der Waals surface area (Å²) < 4.78 is 7.48. The molecule has 8 heteroatoms. The van der Waals surface area contributed by atoms with Gasteiger partial charge in [0.15, 0.2) is 0 Å². The number of nitrogens with one attached hydrogen (secondary N) is 1. The van der Waals surface area contributed by atoms with Crippen molar-refractivity contribution in [1.29, 1.82) is 0 Å². The molecule has 0 unspecified atom stereocenters. The number of aromatic nitrogens is 2. The van der Waals surface area contributed by atoms with Crippen molar-refractivity contribution in [3.8, 4) is 5.75 Å². The first-order valence-corrected chi connectivity index (χ1v) is 11.7. The van der Waals surface area contributed by atoms with Crippen LogP contribution >= 0.6 is 0 Å². The molecule has 1 aliphatic heterocycles. The number of carbonyl (C=O) groups is 1. The van der Waals surface area contributed by atoms with Crippen LogP contribution < -0.4 is 15.1 Å². The van der Waals surface area contributed by atoms with Crippen LogP contribution in [0.5, 0.6) is 5.75 Å². The smallest absolute Gasteiger partial charge is 0.274 e. The predicted molar refractivity (Wildman–Crippen MR) is 135 cm³/mol.